The van der Waals surface area contributed by atoms with Crippen LogP contribution in [0.5, 0.6) is 0 Å². The monoisotopic (exact) mass is 465 g/mol. The molecular weight excluding hydrogens is 430 g/mol. The van der Waals surface area contributed by atoms with Crippen LogP contribution in [0.25, 0.3) is 11.0 Å². The third-order valence-corrected chi connectivity index (χ3v) is 7.16. The fourth-order valence-electron chi connectivity index (χ4n) is 3.96. The van der Waals surface area contributed by atoms with Gasteiger partial charge in [-0.25, -0.2) is 4.98 Å². The van der Waals surface area contributed by atoms with Gasteiger partial charge in [0.2, 0.25) is 0 Å². The van der Waals surface area contributed by atoms with Crippen LogP contribution in [0, 0.1) is 5.92 Å². The number of nitrogens with zero attached hydrogens (tertiary/aromatic N) is 4. The highest BCUT2D eigenvalue weighted by molar-refractivity contribution is 7.90. The molecule has 0 saturated carbocycles. The first kappa shape index (κ1) is 24.5. The maximum absolute atomic E-state index is 13.5. The molecule has 0 aliphatic carbocycles. The van der Waals surface area contributed by atoms with Gasteiger partial charge in [-0.05, 0) is 37.3 Å². The molecule has 3 rings (SSSR count). The third-order valence-electron chi connectivity index (χ3n) is 5.71. The number of hydrogen-bond acceptors (Lipinski definition) is 5. The Morgan fingerprint density at radius 2 is 2.00 bits per heavy atom. The van der Waals surface area contributed by atoms with E-state index in [2.05, 4.69) is 18.6 Å². The largest absolute Gasteiger partial charge is 0.376 e. The van der Waals surface area contributed by atoms with Gasteiger partial charge in [-0.2, -0.15) is 12.7 Å². The van der Waals surface area contributed by atoms with Crippen LogP contribution >= 0.6 is 0 Å². The Bertz CT molecular complexity index is 1070. The topological polar surface area (TPSA) is 96.8 Å². The van der Waals surface area contributed by atoms with Gasteiger partial charge in [-0.1, -0.05) is 13.8 Å². The Morgan fingerprint density at radius 3 is 2.59 bits per heavy atom. The zero-order chi connectivity index (χ0) is 23.6. The summed E-state index contributed by atoms with van der Waals surface area (Å²) in [5.74, 6) is 1.06. The number of aryl methyl sites for hydroxylation is 1. The lowest BCUT2D eigenvalue weighted by molar-refractivity contribution is -0.000158. The van der Waals surface area contributed by atoms with E-state index in [1.807, 2.05) is 11.6 Å². The van der Waals surface area contributed by atoms with E-state index in [4.69, 9.17) is 9.72 Å². The average Bonchev–Trinajstić information content (AvgIpc) is 3.01. The van der Waals surface area contributed by atoms with Crippen LogP contribution < -0.4 is 4.72 Å². The Hall–Kier alpha value is -2.17. The number of rotatable bonds is 8. The molecule has 1 N–H and O–H groups in total. The molecule has 2 heterocycles. The summed E-state index contributed by atoms with van der Waals surface area (Å²) in [7, 11) is 2.84. The number of carbonyl (C=O) groups excluding carboxylic acids is 1. The van der Waals surface area contributed by atoms with Crippen LogP contribution in [0.3, 0.4) is 0 Å². The molecule has 1 aromatic heterocycles. The summed E-state index contributed by atoms with van der Waals surface area (Å²) in [4.78, 5) is 19.9. The zero-order valence-electron chi connectivity index (χ0n) is 19.9. The number of aromatic nitrogens is 2. The Kier molecular flexibility index (Phi) is 7.46. The van der Waals surface area contributed by atoms with Gasteiger partial charge in [-0.15, -0.1) is 0 Å². The molecule has 10 heteroatoms. The first-order valence-electron chi connectivity index (χ1n) is 11.1. The molecule has 178 valence electrons. The molecular formula is C22H35N5O4S. The van der Waals surface area contributed by atoms with Gasteiger partial charge in [-0.3, -0.25) is 9.52 Å². The molecule has 0 unspecified atom stereocenters. The molecule has 0 bridgehead atoms. The number of likely N-dealkylation sites (N-methyl/N-ethyl adjacent to an activating group) is 1. The third kappa shape index (κ3) is 5.41. The zero-order valence-corrected chi connectivity index (χ0v) is 20.7. The van der Waals surface area contributed by atoms with Crippen molar-refractivity contribution in [1.82, 2.24) is 18.8 Å². The fourth-order valence-corrected chi connectivity index (χ4v) is 4.55. The lowest BCUT2D eigenvalue weighted by atomic mass is 10.1. The van der Waals surface area contributed by atoms with Crippen LogP contribution in [-0.4, -0.2) is 73.5 Å². The highest BCUT2D eigenvalue weighted by Gasteiger charge is 2.25. The summed E-state index contributed by atoms with van der Waals surface area (Å²) in [5.41, 5.74) is 2.02. The van der Waals surface area contributed by atoms with Crippen molar-refractivity contribution in [3.05, 3.63) is 23.5 Å². The summed E-state index contributed by atoms with van der Waals surface area (Å²) >= 11 is 0. The molecule has 0 radical (unpaired) electrons. The summed E-state index contributed by atoms with van der Waals surface area (Å²) in [6.07, 6.45) is 3.85. The number of carbonyl (C=O) groups is 1. The fraction of sp³-hybridized carbons (Fsp3) is 0.636. The minimum Gasteiger partial charge on any atom is -0.376 e. The van der Waals surface area contributed by atoms with Crippen molar-refractivity contribution in [2.24, 2.45) is 13.0 Å². The maximum Gasteiger partial charge on any atom is 0.301 e. The number of amides is 1. The molecule has 1 fully saturated rings. The first-order chi connectivity index (χ1) is 15.0. The minimum atomic E-state index is -3.72. The van der Waals surface area contributed by atoms with E-state index in [9.17, 15) is 13.2 Å². The van der Waals surface area contributed by atoms with Crippen molar-refractivity contribution in [3.63, 3.8) is 0 Å². The van der Waals surface area contributed by atoms with E-state index in [1.54, 1.807) is 24.1 Å². The number of anilines is 1. The van der Waals surface area contributed by atoms with E-state index < -0.39 is 10.2 Å². The summed E-state index contributed by atoms with van der Waals surface area (Å²) in [6.45, 7) is 5.43. The second-order valence-corrected chi connectivity index (χ2v) is 11.0. The second kappa shape index (κ2) is 9.76. The van der Waals surface area contributed by atoms with Gasteiger partial charge in [0.25, 0.3) is 5.91 Å². The molecule has 1 aliphatic rings. The van der Waals surface area contributed by atoms with Crippen LogP contribution in [-0.2, 0) is 28.4 Å². The highest BCUT2D eigenvalue weighted by atomic mass is 32.2. The number of nitrogens with one attached hydrogen (secondary N) is 1. The standard InChI is InChI=1S/C22H35N5O4S/c1-15(2)11-20-23-19-13-16(24-32(29,30)25(3)4)12-18(21(19)27(20)6)22(28)26(5)14-17-9-7-8-10-31-17/h12-13,15,17,24H,7-11,14H2,1-6H3/t17-/m0/s1. The van der Waals surface area contributed by atoms with Crippen LogP contribution in [0.1, 0.15) is 49.3 Å². The number of ether oxygens (including phenoxy) is 1. The van der Waals surface area contributed by atoms with Crippen LogP contribution in [0.4, 0.5) is 5.69 Å². The molecule has 1 saturated heterocycles. The first-order valence-corrected chi connectivity index (χ1v) is 12.5. The molecule has 32 heavy (non-hydrogen) atoms. The smallest absolute Gasteiger partial charge is 0.301 e. The molecule has 1 aromatic carbocycles. The quantitative estimate of drug-likeness (QED) is 0.646. The van der Waals surface area contributed by atoms with Gasteiger partial charge < -0.3 is 14.2 Å². The molecule has 1 amide bonds. The van der Waals surface area contributed by atoms with Gasteiger partial charge in [0.05, 0.1) is 28.4 Å². The Labute approximate surface area is 190 Å². The lowest BCUT2D eigenvalue weighted by Gasteiger charge is -2.27. The van der Waals surface area contributed by atoms with Gasteiger partial charge in [0.1, 0.15) is 5.82 Å². The minimum absolute atomic E-state index is 0.0201. The molecule has 1 aliphatic heterocycles. The molecule has 9 nitrogen and oxygen atoms in total. The van der Waals surface area contributed by atoms with Crippen LogP contribution in [0.15, 0.2) is 12.1 Å². The van der Waals surface area contributed by atoms with Crippen molar-refractivity contribution < 1.29 is 17.9 Å². The average molecular weight is 466 g/mol. The predicted octanol–water partition coefficient (Wildman–Crippen LogP) is 2.63. The SMILES string of the molecule is CC(C)Cc1nc2cc(NS(=O)(=O)N(C)C)cc(C(=O)N(C)C[C@@H]3CCCCO3)c2n1C. The number of benzene rings is 1. The lowest BCUT2D eigenvalue weighted by Crippen LogP contribution is -2.37. The molecule has 0 spiro atoms. The normalized spacial score (nSPS) is 17.3. The Balaban J connectivity index is 2.04. The number of fused-ring (bicyclic) bond motifs is 1. The predicted molar refractivity (Wildman–Crippen MR) is 126 cm³/mol. The summed E-state index contributed by atoms with van der Waals surface area (Å²) in [5, 5.41) is 0. The van der Waals surface area contributed by atoms with E-state index in [0.717, 1.165) is 42.4 Å². The van der Waals surface area contributed by atoms with Gasteiger partial charge in [0, 0.05) is 47.8 Å². The number of imidazole rings is 1. The van der Waals surface area contributed by atoms with E-state index in [1.165, 1.54) is 14.1 Å². The summed E-state index contributed by atoms with van der Waals surface area (Å²) < 4.78 is 36.2. The Morgan fingerprint density at radius 1 is 1.28 bits per heavy atom. The van der Waals surface area contributed by atoms with E-state index in [0.29, 0.717) is 34.7 Å². The van der Waals surface area contributed by atoms with Crippen molar-refractivity contribution in [2.75, 3.05) is 39.0 Å². The van der Waals surface area contributed by atoms with E-state index in [-0.39, 0.29) is 12.0 Å². The summed E-state index contributed by atoms with van der Waals surface area (Å²) in [6, 6.07) is 3.28. The van der Waals surface area contributed by atoms with Crippen LogP contribution in [0.2, 0.25) is 0 Å². The van der Waals surface area contributed by atoms with Gasteiger partial charge in [0.15, 0.2) is 0 Å². The molecule has 2 aromatic rings. The van der Waals surface area contributed by atoms with Crippen molar-refractivity contribution >= 4 is 32.8 Å². The highest BCUT2D eigenvalue weighted by Crippen LogP contribution is 2.28. The second-order valence-electron chi connectivity index (χ2n) is 9.14. The number of hydrogen-bond donors (Lipinski definition) is 1. The maximum atomic E-state index is 13.5. The van der Waals surface area contributed by atoms with Crippen molar-refractivity contribution in [2.45, 2.75) is 45.6 Å². The van der Waals surface area contributed by atoms with Crippen molar-refractivity contribution in [1.29, 1.82) is 0 Å². The van der Waals surface area contributed by atoms with Crippen molar-refractivity contribution in [3.8, 4) is 0 Å². The van der Waals surface area contributed by atoms with Gasteiger partial charge >= 0.3 is 10.2 Å². The molecule has 1 atom stereocenters. The van der Waals surface area contributed by atoms with E-state index >= 15 is 0 Å².